The number of nitrogens with one attached hydrogen (secondary N) is 1. The fourth-order valence-electron chi connectivity index (χ4n) is 0.833. The van der Waals surface area contributed by atoms with Crippen molar-refractivity contribution in [2.75, 3.05) is 6.54 Å². The van der Waals surface area contributed by atoms with Gasteiger partial charge in [-0.2, -0.15) is 12.6 Å². The second kappa shape index (κ2) is 5.29. The van der Waals surface area contributed by atoms with E-state index in [0.29, 0.717) is 12.5 Å². The third-order valence-corrected chi connectivity index (χ3v) is 1.63. The summed E-state index contributed by atoms with van der Waals surface area (Å²) in [6, 6.07) is 0. The molecular weight excluding hydrogens is 162 g/mol. The van der Waals surface area contributed by atoms with E-state index in [1.807, 2.05) is 0 Å². The first kappa shape index (κ1) is 10.6. The van der Waals surface area contributed by atoms with Crippen molar-refractivity contribution in [3.05, 3.63) is 0 Å². The number of hydrogen-bond donors (Lipinski definition) is 3. The van der Waals surface area contributed by atoms with Gasteiger partial charge in [0, 0.05) is 11.8 Å². The average Bonchev–Trinajstić information content (AvgIpc) is 1.82. The molecule has 0 rings (SSSR count). The van der Waals surface area contributed by atoms with Gasteiger partial charge in [-0.3, -0.25) is 0 Å². The summed E-state index contributed by atoms with van der Waals surface area (Å²) < 4.78 is 0. The maximum atomic E-state index is 10.0. The van der Waals surface area contributed by atoms with Crippen molar-refractivity contribution in [3.8, 4) is 0 Å². The lowest BCUT2D eigenvalue weighted by Gasteiger charge is -2.12. The minimum absolute atomic E-state index is 0.131. The predicted octanol–water partition coefficient (Wildman–Crippen LogP) is 1.60. The average molecular weight is 177 g/mol. The van der Waals surface area contributed by atoms with E-state index in [0.717, 1.165) is 6.42 Å². The molecule has 0 unspecified atom stereocenters. The standard InChI is InChI=1S/C7H15NO2S/c1-5(2)3-6(11)4-8-7(9)10/h5-6,8,11H,3-4H2,1-2H3,(H,9,10)/t6-/m0/s1. The second-order valence-corrected chi connectivity index (χ2v) is 3.70. The SMILES string of the molecule is CC(C)C[C@H](S)CNC(=O)O. The van der Waals surface area contributed by atoms with Crippen molar-refractivity contribution < 1.29 is 9.90 Å². The highest BCUT2D eigenvalue weighted by Crippen LogP contribution is 2.08. The first-order valence-electron chi connectivity index (χ1n) is 3.67. The Morgan fingerprint density at radius 3 is 2.55 bits per heavy atom. The monoisotopic (exact) mass is 177 g/mol. The molecule has 3 nitrogen and oxygen atoms in total. The van der Waals surface area contributed by atoms with Crippen molar-refractivity contribution in [1.82, 2.24) is 5.32 Å². The molecule has 0 aromatic carbocycles. The van der Waals surface area contributed by atoms with Crippen LogP contribution in [0.1, 0.15) is 20.3 Å². The van der Waals surface area contributed by atoms with Crippen LogP contribution in [0.15, 0.2) is 0 Å². The van der Waals surface area contributed by atoms with E-state index in [1.54, 1.807) is 0 Å². The van der Waals surface area contributed by atoms with Crippen LogP contribution in [0.4, 0.5) is 4.79 Å². The summed E-state index contributed by atoms with van der Waals surface area (Å²) >= 11 is 4.22. The van der Waals surface area contributed by atoms with Crippen LogP contribution in [-0.2, 0) is 0 Å². The summed E-state index contributed by atoms with van der Waals surface area (Å²) in [7, 11) is 0. The summed E-state index contributed by atoms with van der Waals surface area (Å²) in [5.41, 5.74) is 0. The summed E-state index contributed by atoms with van der Waals surface area (Å²) in [4.78, 5) is 10.0. The predicted molar refractivity (Wildman–Crippen MR) is 48.3 cm³/mol. The van der Waals surface area contributed by atoms with Gasteiger partial charge >= 0.3 is 6.09 Å². The summed E-state index contributed by atoms with van der Waals surface area (Å²) in [5.74, 6) is 0.563. The van der Waals surface area contributed by atoms with Gasteiger partial charge in [0.15, 0.2) is 0 Å². The number of amides is 1. The molecule has 0 saturated heterocycles. The maximum absolute atomic E-state index is 10.0. The lowest BCUT2D eigenvalue weighted by atomic mass is 10.1. The Balaban J connectivity index is 3.37. The van der Waals surface area contributed by atoms with Gasteiger partial charge in [-0.1, -0.05) is 13.8 Å². The summed E-state index contributed by atoms with van der Waals surface area (Å²) in [6.45, 7) is 4.60. The first-order chi connectivity index (χ1) is 5.02. The van der Waals surface area contributed by atoms with E-state index in [-0.39, 0.29) is 5.25 Å². The van der Waals surface area contributed by atoms with Crippen LogP contribution < -0.4 is 5.32 Å². The lowest BCUT2D eigenvalue weighted by molar-refractivity contribution is 0.194. The van der Waals surface area contributed by atoms with Gasteiger partial charge in [0.2, 0.25) is 0 Å². The first-order valence-corrected chi connectivity index (χ1v) is 4.19. The molecule has 0 heterocycles. The quantitative estimate of drug-likeness (QED) is 0.571. The van der Waals surface area contributed by atoms with Crippen molar-refractivity contribution in [2.24, 2.45) is 5.92 Å². The Hall–Kier alpha value is -0.380. The number of hydrogen-bond acceptors (Lipinski definition) is 2. The zero-order valence-electron chi connectivity index (χ0n) is 6.87. The van der Waals surface area contributed by atoms with E-state index < -0.39 is 6.09 Å². The molecule has 2 N–H and O–H groups in total. The number of carboxylic acid groups (broad SMARTS) is 1. The zero-order valence-corrected chi connectivity index (χ0v) is 7.77. The van der Waals surface area contributed by atoms with Gasteiger partial charge in [-0.25, -0.2) is 4.79 Å². The minimum Gasteiger partial charge on any atom is -0.465 e. The highest BCUT2D eigenvalue weighted by atomic mass is 32.1. The van der Waals surface area contributed by atoms with Crippen LogP contribution in [0.2, 0.25) is 0 Å². The topological polar surface area (TPSA) is 49.3 Å². The lowest BCUT2D eigenvalue weighted by Crippen LogP contribution is -2.28. The van der Waals surface area contributed by atoms with Crippen LogP contribution in [0.25, 0.3) is 0 Å². The second-order valence-electron chi connectivity index (χ2n) is 2.97. The Labute approximate surface area is 72.6 Å². The van der Waals surface area contributed by atoms with E-state index in [4.69, 9.17) is 5.11 Å². The summed E-state index contributed by atoms with van der Waals surface area (Å²) in [5, 5.41) is 10.7. The molecule has 0 aliphatic rings. The van der Waals surface area contributed by atoms with Crippen molar-refractivity contribution in [1.29, 1.82) is 0 Å². The highest BCUT2D eigenvalue weighted by molar-refractivity contribution is 7.81. The third kappa shape index (κ3) is 7.52. The molecule has 66 valence electrons. The van der Waals surface area contributed by atoms with Crippen LogP contribution in [-0.4, -0.2) is 23.0 Å². The third-order valence-electron chi connectivity index (χ3n) is 1.23. The Bertz CT molecular complexity index is 128. The fraction of sp³-hybridized carbons (Fsp3) is 0.857. The molecule has 0 radical (unpaired) electrons. The van der Waals surface area contributed by atoms with Gasteiger partial charge in [0.25, 0.3) is 0 Å². The number of carbonyl (C=O) groups is 1. The molecule has 11 heavy (non-hydrogen) atoms. The molecule has 0 spiro atoms. The van der Waals surface area contributed by atoms with Gasteiger partial charge in [-0.15, -0.1) is 0 Å². The van der Waals surface area contributed by atoms with E-state index in [9.17, 15) is 4.79 Å². The van der Waals surface area contributed by atoms with Gasteiger partial charge in [0.05, 0.1) is 0 Å². The molecule has 0 saturated carbocycles. The molecule has 0 bridgehead atoms. The minimum atomic E-state index is -0.979. The van der Waals surface area contributed by atoms with Crippen LogP contribution >= 0.6 is 12.6 Å². The summed E-state index contributed by atoms with van der Waals surface area (Å²) in [6.07, 6.45) is -0.0450. The molecule has 0 aliphatic carbocycles. The van der Waals surface area contributed by atoms with Crippen LogP contribution in [0.5, 0.6) is 0 Å². The Morgan fingerprint density at radius 1 is 1.64 bits per heavy atom. The molecule has 0 aromatic heterocycles. The van der Waals surface area contributed by atoms with Crippen molar-refractivity contribution >= 4 is 18.7 Å². The molecular formula is C7H15NO2S. The van der Waals surface area contributed by atoms with Crippen LogP contribution in [0.3, 0.4) is 0 Å². The Morgan fingerprint density at radius 2 is 2.18 bits per heavy atom. The molecule has 4 heteroatoms. The molecule has 1 atom stereocenters. The molecule has 0 fully saturated rings. The maximum Gasteiger partial charge on any atom is 0.404 e. The molecule has 0 aromatic rings. The van der Waals surface area contributed by atoms with Gasteiger partial charge < -0.3 is 10.4 Å². The van der Waals surface area contributed by atoms with Gasteiger partial charge in [-0.05, 0) is 12.3 Å². The van der Waals surface area contributed by atoms with E-state index in [2.05, 4.69) is 31.8 Å². The molecule has 1 amide bonds. The number of thiol groups is 1. The van der Waals surface area contributed by atoms with Crippen molar-refractivity contribution in [3.63, 3.8) is 0 Å². The highest BCUT2D eigenvalue weighted by Gasteiger charge is 2.06. The largest absolute Gasteiger partial charge is 0.465 e. The fourth-order valence-corrected chi connectivity index (χ4v) is 1.35. The van der Waals surface area contributed by atoms with Crippen molar-refractivity contribution in [2.45, 2.75) is 25.5 Å². The normalized spacial score (nSPS) is 13.1. The molecule has 0 aliphatic heterocycles. The van der Waals surface area contributed by atoms with E-state index in [1.165, 1.54) is 0 Å². The Kier molecular flexibility index (Phi) is 5.11. The zero-order chi connectivity index (χ0) is 8.85. The van der Waals surface area contributed by atoms with Gasteiger partial charge in [0.1, 0.15) is 0 Å². The smallest absolute Gasteiger partial charge is 0.404 e. The van der Waals surface area contributed by atoms with E-state index >= 15 is 0 Å². The van der Waals surface area contributed by atoms with Crippen LogP contribution in [0, 0.1) is 5.92 Å². The number of rotatable bonds is 4.